The number of hydrogen-bond donors (Lipinski definition) is 2. The SMILES string of the molecule is CCCC(O)CNS(=O)(=O)c1c(F)cccc1Br. The van der Waals surface area contributed by atoms with Gasteiger partial charge in [0.2, 0.25) is 10.0 Å². The second-order valence-electron chi connectivity index (χ2n) is 3.85. The van der Waals surface area contributed by atoms with Gasteiger partial charge in [0.15, 0.2) is 0 Å². The molecular weight excluding hydrogens is 325 g/mol. The molecule has 4 nitrogen and oxygen atoms in total. The van der Waals surface area contributed by atoms with Crippen LogP contribution in [0.5, 0.6) is 0 Å². The molecule has 0 bridgehead atoms. The van der Waals surface area contributed by atoms with E-state index in [4.69, 9.17) is 0 Å². The van der Waals surface area contributed by atoms with Crippen molar-refractivity contribution in [1.82, 2.24) is 4.72 Å². The molecule has 0 aliphatic carbocycles. The number of hydrogen-bond acceptors (Lipinski definition) is 3. The molecule has 0 aromatic heterocycles. The van der Waals surface area contributed by atoms with E-state index in [1.807, 2.05) is 6.92 Å². The Kier molecular flexibility index (Phi) is 5.71. The fourth-order valence-electron chi connectivity index (χ4n) is 1.45. The Morgan fingerprint density at radius 2 is 2.17 bits per heavy atom. The zero-order valence-electron chi connectivity index (χ0n) is 9.86. The van der Waals surface area contributed by atoms with Crippen LogP contribution in [0.1, 0.15) is 19.8 Å². The van der Waals surface area contributed by atoms with Crippen molar-refractivity contribution in [2.75, 3.05) is 6.54 Å². The molecule has 0 saturated carbocycles. The molecule has 0 heterocycles. The van der Waals surface area contributed by atoms with Crippen molar-refractivity contribution >= 4 is 26.0 Å². The number of halogens is 2. The summed E-state index contributed by atoms with van der Waals surface area (Å²) in [4.78, 5) is -0.436. The minimum atomic E-state index is -3.97. The van der Waals surface area contributed by atoms with Gasteiger partial charge in [-0.1, -0.05) is 19.4 Å². The molecule has 0 aliphatic heterocycles. The third kappa shape index (κ3) is 4.01. The summed E-state index contributed by atoms with van der Waals surface area (Å²) in [6, 6.07) is 3.92. The van der Waals surface area contributed by atoms with E-state index in [2.05, 4.69) is 20.7 Å². The molecule has 0 amide bonds. The fraction of sp³-hybridized carbons (Fsp3) is 0.455. The lowest BCUT2D eigenvalue weighted by molar-refractivity contribution is 0.167. The van der Waals surface area contributed by atoms with Crippen LogP contribution in [0.25, 0.3) is 0 Å². The van der Waals surface area contributed by atoms with Crippen LogP contribution in [-0.2, 0) is 10.0 Å². The van der Waals surface area contributed by atoms with E-state index in [0.29, 0.717) is 6.42 Å². The topological polar surface area (TPSA) is 66.4 Å². The number of aliphatic hydroxyl groups excluding tert-OH is 1. The van der Waals surface area contributed by atoms with E-state index in [0.717, 1.165) is 12.5 Å². The van der Waals surface area contributed by atoms with Crippen molar-refractivity contribution < 1.29 is 17.9 Å². The van der Waals surface area contributed by atoms with Gasteiger partial charge >= 0.3 is 0 Å². The summed E-state index contributed by atoms with van der Waals surface area (Å²) >= 11 is 3.00. The van der Waals surface area contributed by atoms with E-state index >= 15 is 0 Å². The molecule has 102 valence electrons. The van der Waals surface area contributed by atoms with Crippen LogP contribution in [0.4, 0.5) is 4.39 Å². The summed E-state index contributed by atoms with van der Waals surface area (Å²) in [6.07, 6.45) is 0.461. The van der Waals surface area contributed by atoms with Gasteiger partial charge in [-0.25, -0.2) is 17.5 Å². The third-order valence-electron chi connectivity index (χ3n) is 2.32. The van der Waals surface area contributed by atoms with E-state index in [1.54, 1.807) is 0 Å². The van der Waals surface area contributed by atoms with Crippen LogP contribution < -0.4 is 4.72 Å². The summed E-state index contributed by atoms with van der Waals surface area (Å²) in [5.41, 5.74) is 0. The third-order valence-corrected chi connectivity index (χ3v) is 4.74. The molecular formula is C11H15BrFNO3S. The average molecular weight is 340 g/mol. The first-order valence-electron chi connectivity index (χ1n) is 5.50. The molecule has 0 spiro atoms. The fourth-order valence-corrected chi connectivity index (χ4v) is 3.64. The average Bonchev–Trinajstić information content (AvgIpc) is 2.26. The highest BCUT2D eigenvalue weighted by Gasteiger charge is 2.22. The summed E-state index contributed by atoms with van der Waals surface area (Å²) < 4.78 is 39.6. The van der Waals surface area contributed by atoms with Gasteiger partial charge in [0.1, 0.15) is 10.7 Å². The molecule has 2 N–H and O–H groups in total. The first-order chi connectivity index (χ1) is 8.38. The molecule has 1 aromatic rings. The van der Waals surface area contributed by atoms with Crippen molar-refractivity contribution in [2.45, 2.75) is 30.8 Å². The van der Waals surface area contributed by atoms with E-state index in [1.165, 1.54) is 12.1 Å². The van der Waals surface area contributed by atoms with Crippen molar-refractivity contribution in [3.63, 3.8) is 0 Å². The van der Waals surface area contributed by atoms with Gasteiger partial charge in [0.25, 0.3) is 0 Å². The number of rotatable bonds is 6. The maximum absolute atomic E-state index is 13.5. The van der Waals surface area contributed by atoms with Gasteiger partial charge in [0, 0.05) is 11.0 Å². The predicted molar refractivity (Wildman–Crippen MR) is 70.2 cm³/mol. The number of benzene rings is 1. The van der Waals surface area contributed by atoms with Gasteiger partial charge in [-0.2, -0.15) is 0 Å². The highest BCUT2D eigenvalue weighted by Crippen LogP contribution is 2.24. The standard InChI is InChI=1S/C11H15BrFNO3S/c1-2-4-8(15)7-14-18(16,17)11-9(12)5-3-6-10(11)13/h3,5-6,8,14-15H,2,4,7H2,1H3. The van der Waals surface area contributed by atoms with Gasteiger partial charge in [-0.15, -0.1) is 0 Å². The zero-order valence-corrected chi connectivity index (χ0v) is 12.3. The molecule has 7 heteroatoms. The van der Waals surface area contributed by atoms with Crippen LogP contribution in [0.15, 0.2) is 27.6 Å². The number of sulfonamides is 1. The molecule has 0 saturated heterocycles. The normalized spacial score (nSPS) is 13.6. The Bertz CT molecular complexity index is 487. The minimum absolute atomic E-state index is 0.128. The Labute approximate surface area is 114 Å². The maximum atomic E-state index is 13.5. The van der Waals surface area contributed by atoms with E-state index < -0.39 is 26.8 Å². The molecule has 1 rings (SSSR count). The molecule has 1 aromatic carbocycles. The van der Waals surface area contributed by atoms with Crippen LogP contribution in [0, 0.1) is 5.82 Å². The predicted octanol–water partition coefficient (Wildman–Crippen LogP) is 2.03. The highest BCUT2D eigenvalue weighted by atomic mass is 79.9. The molecule has 1 atom stereocenters. The molecule has 0 aliphatic rings. The maximum Gasteiger partial charge on any atom is 0.244 e. The Balaban J connectivity index is 2.87. The molecule has 1 unspecified atom stereocenters. The summed E-state index contributed by atoms with van der Waals surface area (Å²) in [5, 5.41) is 9.47. The van der Waals surface area contributed by atoms with Crippen LogP contribution >= 0.6 is 15.9 Å². The molecule has 0 radical (unpaired) electrons. The molecule has 18 heavy (non-hydrogen) atoms. The van der Waals surface area contributed by atoms with Gasteiger partial charge in [-0.05, 0) is 34.5 Å². The second kappa shape index (κ2) is 6.60. The molecule has 0 fully saturated rings. The Morgan fingerprint density at radius 3 is 2.72 bits per heavy atom. The van der Waals surface area contributed by atoms with Crippen LogP contribution in [0.2, 0.25) is 0 Å². The van der Waals surface area contributed by atoms with Crippen molar-refractivity contribution in [2.24, 2.45) is 0 Å². The lowest BCUT2D eigenvalue weighted by Gasteiger charge is -2.12. The van der Waals surface area contributed by atoms with Gasteiger partial charge in [0.05, 0.1) is 6.10 Å². The highest BCUT2D eigenvalue weighted by molar-refractivity contribution is 9.10. The van der Waals surface area contributed by atoms with Crippen LogP contribution in [0.3, 0.4) is 0 Å². The summed E-state index contributed by atoms with van der Waals surface area (Å²) in [6.45, 7) is 1.75. The quantitative estimate of drug-likeness (QED) is 0.833. The largest absolute Gasteiger partial charge is 0.392 e. The van der Waals surface area contributed by atoms with E-state index in [-0.39, 0.29) is 11.0 Å². The zero-order chi connectivity index (χ0) is 13.8. The number of aliphatic hydroxyl groups is 1. The first-order valence-corrected chi connectivity index (χ1v) is 7.78. The monoisotopic (exact) mass is 339 g/mol. The van der Waals surface area contributed by atoms with Crippen molar-refractivity contribution in [1.29, 1.82) is 0 Å². The van der Waals surface area contributed by atoms with E-state index in [9.17, 15) is 17.9 Å². The first kappa shape index (κ1) is 15.6. The second-order valence-corrected chi connectivity index (χ2v) is 6.40. The van der Waals surface area contributed by atoms with Gasteiger partial charge in [-0.3, -0.25) is 0 Å². The summed E-state index contributed by atoms with van der Waals surface area (Å²) in [7, 11) is -3.97. The Hall–Kier alpha value is -0.500. The smallest absolute Gasteiger partial charge is 0.244 e. The lowest BCUT2D eigenvalue weighted by Crippen LogP contribution is -2.32. The lowest BCUT2D eigenvalue weighted by atomic mass is 10.2. The minimum Gasteiger partial charge on any atom is -0.392 e. The van der Waals surface area contributed by atoms with Crippen molar-refractivity contribution in [3.8, 4) is 0 Å². The number of nitrogens with one attached hydrogen (secondary N) is 1. The summed E-state index contributed by atoms with van der Waals surface area (Å²) in [5.74, 6) is -0.832. The van der Waals surface area contributed by atoms with Crippen molar-refractivity contribution in [3.05, 3.63) is 28.5 Å². The van der Waals surface area contributed by atoms with Crippen LogP contribution in [-0.4, -0.2) is 26.2 Å². The van der Waals surface area contributed by atoms with Gasteiger partial charge < -0.3 is 5.11 Å². The Morgan fingerprint density at radius 1 is 1.50 bits per heavy atom.